The third kappa shape index (κ3) is 2.51. The van der Waals surface area contributed by atoms with Gasteiger partial charge in [-0.25, -0.2) is 9.97 Å². The van der Waals surface area contributed by atoms with Crippen LogP contribution < -0.4 is 14.5 Å². The second-order valence-corrected chi connectivity index (χ2v) is 5.87. The van der Waals surface area contributed by atoms with Gasteiger partial charge in [0.15, 0.2) is 5.65 Å². The molecular weight excluding hydrogens is 304 g/mol. The predicted molar refractivity (Wildman–Crippen MR) is 93.7 cm³/mol. The Morgan fingerprint density at radius 2 is 1.67 bits per heavy atom. The zero-order valence-corrected chi connectivity index (χ0v) is 13.9. The maximum absolute atomic E-state index is 5.23. The van der Waals surface area contributed by atoms with Crippen LogP contribution in [0.5, 0.6) is 5.75 Å². The lowest BCUT2D eigenvalue weighted by Crippen LogP contribution is -2.46. The summed E-state index contributed by atoms with van der Waals surface area (Å²) in [5, 5.41) is 5.31. The summed E-state index contributed by atoms with van der Waals surface area (Å²) in [6.07, 6.45) is 3.47. The Hall–Kier alpha value is -2.83. The zero-order chi connectivity index (χ0) is 16.5. The number of hydrogen-bond donors (Lipinski definition) is 0. The molecule has 1 fully saturated rings. The molecule has 0 saturated carbocycles. The molecule has 0 bridgehead atoms. The number of benzene rings is 1. The summed E-state index contributed by atoms with van der Waals surface area (Å²) in [6, 6.07) is 8.23. The van der Waals surface area contributed by atoms with Crippen molar-refractivity contribution in [1.29, 1.82) is 0 Å². The van der Waals surface area contributed by atoms with E-state index < -0.39 is 0 Å². The highest BCUT2D eigenvalue weighted by atomic mass is 16.5. The van der Waals surface area contributed by atoms with Crippen molar-refractivity contribution in [1.82, 2.24) is 19.7 Å². The van der Waals surface area contributed by atoms with E-state index in [9.17, 15) is 0 Å². The molecule has 1 aliphatic heterocycles. The monoisotopic (exact) mass is 324 g/mol. The van der Waals surface area contributed by atoms with Crippen molar-refractivity contribution in [3.05, 3.63) is 36.8 Å². The lowest BCUT2D eigenvalue weighted by atomic mass is 10.2. The van der Waals surface area contributed by atoms with E-state index in [0.717, 1.165) is 48.8 Å². The van der Waals surface area contributed by atoms with Crippen LogP contribution in [-0.4, -0.2) is 53.0 Å². The van der Waals surface area contributed by atoms with Gasteiger partial charge < -0.3 is 14.5 Å². The Morgan fingerprint density at radius 1 is 0.958 bits per heavy atom. The normalized spacial score (nSPS) is 15.1. The first kappa shape index (κ1) is 14.7. The predicted octanol–water partition coefficient (Wildman–Crippen LogP) is 1.70. The molecule has 124 valence electrons. The van der Waals surface area contributed by atoms with Crippen LogP contribution in [0.15, 0.2) is 36.8 Å². The molecule has 0 radical (unpaired) electrons. The molecule has 7 heteroatoms. The fraction of sp³-hybridized carbons (Fsp3) is 0.353. The van der Waals surface area contributed by atoms with Crippen molar-refractivity contribution in [2.75, 3.05) is 43.1 Å². The minimum absolute atomic E-state index is 0.873. The molecule has 0 atom stereocenters. The van der Waals surface area contributed by atoms with Gasteiger partial charge >= 0.3 is 0 Å². The molecule has 0 spiro atoms. The molecule has 24 heavy (non-hydrogen) atoms. The van der Waals surface area contributed by atoms with Crippen LogP contribution in [0, 0.1) is 0 Å². The number of fused-ring (bicyclic) bond motifs is 1. The Kier molecular flexibility index (Phi) is 3.68. The summed E-state index contributed by atoms with van der Waals surface area (Å²) in [6.45, 7) is 3.76. The number of anilines is 2. The van der Waals surface area contributed by atoms with Gasteiger partial charge in [0.1, 0.15) is 17.9 Å². The van der Waals surface area contributed by atoms with E-state index >= 15 is 0 Å². The minimum Gasteiger partial charge on any atom is -0.497 e. The molecule has 1 saturated heterocycles. The van der Waals surface area contributed by atoms with Crippen LogP contribution >= 0.6 is 0 Å². The first-order valence-corrected chi connectivity index (χ1v) is 8.03. The standard InChI is InChI=1S/C17H20N6O/c1-21-16-15(11-20-21)17(19-12-18-16)23-9-7-22(8-10-23)13-3-5-14(24-2)6-4-13/h3-6,11-12H,7-10H2,1-2H3. The van der Waals surface area contributed by atoms with Crippen LogP contribution in [0.25, 0.3) is 11.0 Å². The molecule has 0 amide bonds. The van der Waals surface area contributed by atoms with E-state index in [1.165, 1.54) is 5.69 Å². The van der Waals surface area contributed by atoms with Gasteiger partial charge in [0.25, 0.3) is 0 Å². The van der Waals surface area contributed by atoms with Crippen LogP contribution in [-0.2, 0) is 7.05 Å². The van der Waals surface area contributed by atoms with E-state index in [4.69, 9.17) is 4.74 Å². The van der Waals surface area contributed by atoms with Gasteiger partial charge in [-0.1, -0.05) is 0 Å². The van der Waals surface area contributed by atoms with Crippen LogP contribution in [0.2, 0.25) is 0 Å². The number of hydrogen-bond acceptors (Lipinski definition) is 6. The maximum Gasteiger partial charge on any atom is 0.163 e. The number of nitrogens with zero attached hydrogens (tertiary/aromatic N) is 6. The van der Waals surface area contributed by atoms with E-state index in [1.807, 2.05) is 25.4 Å². The van der Waals surface area contributed by atoms with Gasteiger partial charge in [0.05, 0.1) is 18.7 Å². The number of piperazine rings is 1. The summed E-state index contributed by atoms with van der Waals surface area (Å²) in [5.41, 5.74) is 2.10. The van der Waals surface area contributed by atoms with E-state index in [0.29, 0.717) is 0 Å². The Labute approximate surface area is 140 Å². The highest BCUT2D eigenvalue weighted by molar-refractivity contribution is 5.86. The van der Waals surface area contributed by atoms with E-state index in [2.05, 4.69) is 37.0 Å². The first-order chi connectivity index (χ1) is 11.8. The number of ether oxygens (including phenoxy) is 1. The third-order valence-corrected chi connectivity index (χ3v) is 4.53. The number of rotatable bonds is 3. The van der Waals surface area contributed by atoms with Gasteiger partial charge in [-0.2, -0.15) is 5.10 Å². The molecule has 1 aliphatic rings. The molecule has 3 aromatic rings. The van der Waals surface area contributed by atoms with Gasteiger partial charge in [0, 0.05) is 38.9 Å². The maximum atomic E-state index is 5.23. The van der Waals surface area contributed by atoms with Crippen molar-refractivity contribution in [2.45, 2.75) is 0 Å². The average molecular weight is 324 g/mol. The molecule has 7 nitrogen and oxygen atoms in total. The van der Waals surface area contributed by atoms with Crippen molar-refractivity contribution >= 4 is 22.5 Å². The van der Waals surface area contributed by atoms with Crippen molar-refractivity contribution in [3.8, 4) is 5.75 Å². The van der Waals surface area contributed by atoms with Crippen molar-refractivity contribution in [3.63, 3.8) is 0 Å². The third-order valence-electron chi connectivity index (χ3n) is 4.53. The second-order valence-electron chi connectivity index (χ2n) is 5.87. The number of methoxy groups -OCH3 is 1. The molecule has 0 unspecified atom stereocenters. The molecule has 4 rings (SSSR count). The molecule has 0 aliphatic carbocycles. The quantitative estimate of drug-likeness (QED) is 0.731. The second kappa shape index (κ2) is 5.99. The smallest absolute Gasteiger partial charge is 0.163 e. The number of aromatic nitrogens is 4. The summed E-state index contributed by atoms with van der Waals surface area (Å²) in [7, 11) is 3.59. The molecule has 0 N–H and O–H groups in total. The van der Waals surface area contributed by atoms with E-state index in [1.54, 1.807) is 18.1 Å². The number of aryl methyl sites for hydroxylation is 1. The van der Waals surface area contributed by atoms with Crippen LogP contribution in [0.4, 0.5) is 11.5 Å². The highest BCUT2D eigenvalue weighted by Gasteiger charge is 2.21. The van der Waals surface area contributed by atoms with Crippen molar-refractivity contribution < 1.29 is 4.74 Å². The summed E-state index contributed by atoms with van der Waals surface area (Å²) in [5.74, 6) is 1.86. The molecule has 3 heterocycles. The SMILES string of the molecule is COc1ccc(N2CCN(c3ncnc4c3cnn4C)CC2)cc1. The minimum atomic E-state index is 0.873. The Bertz CT molecular complexity index is 836. The van der Waals surface area contributed by atoms with Gasteiger partial charge in [-0.3, -0.25) is 4.68 Å². The van der Waals surface area contributed by atoms with Crippen molar-refractivity contribution in [2.24, 2.45) is 7.05 Å². The van der Waals surface area contributed by atoms with Crippen LogP contribution in [0.1, 0.15) is 0 Å². The lowest BCUT2D eigenvalue weighted by Gasteiger charge is -2.36. The lowest BCUT2D eigenvalue weighted by molar-refractivity contribution is 0.415. The Morgan fingerprint density at radius 3 is 2.38 bits per heavy atom. The largest absolute Gasteiger partial charge is 0.497 e. The average Bonchev–Trinajstić information content (AvgIpc) is 3.03. The van der Waals surface area contributed by atoms with Gasteiger partial charge in [0.2, 0.25) is 0 Å². The van der Waals surface area contributed by atoms with E-state index in [-0.39, 0.29) is 0 Å². The highest BCUT2D eigenvalue weighted by Crippen LogP contribution is 2.25. The van der Waals surface area contributed by atoms with Gasteiger partial charge in [-0.05, 0) is 24.3 Å². The van der Waals surface area contributed by atoms with Crippen LogP contribution in [0.3, 0.4) is 0 Å². The summed E-state index contributed by atoms with van der Waals surface area (Å²) in [4.78, 5) is 13.5. The fourth-order valence-electron chi connectivity index (χ4n) is 3.17. The topological polar surface area (TPSA) is 59.3 Å². The summed E-state index contributed by atoms with van der Waals surface area (Å²) < 4.78 is 7.01. The molecule has 1 aromatic carbocycles. The Balaban J connectivity index is 1.51. The molecule has 2 aromatic heterocycles. The molecular formula is C17H20N6O. The fourth-order valence-corrected chi connectivity index (χ4v) is 3.17. The summed E-state index contributed by atoms with van der Waals surface area (Å²) >= 11 is 0. The van der Waals surface area contributed by atoms with Gasteiger partial charge in [-0.15, -0.1) is 0 Å². The zero-order valence-electron chi connectivity index (χ0n) is 13.9. The first-order valence-electron chi connectivity index (χ1n) is 8.03.